The van der Waals surface area contributed by atoms with Crippen LogP contribution in [0, 0.1) is 0 Å². The summed E-state index contributed by atoms with van der Waals surface area (Å²) >= 11 is 3.49. The number of alkyl halides is 1. The molecule has 0 atom stereocenters. The van der Waals surface area contributed by atoms with Gasteiger partial charge >= 0.3 is 9.28 Å². The van der Waals surface area contributed by atoms with Crippen LogP contribution in [0.2, 0.25) is 0 Å². The van der Waals surface area contributed by atoms with Crippen LogP contribution in [0.15, 0.2) is 24.3 Å². The molecule has 0 unspecified atom stereocenters. The van der Waals surface area contributed by atoms with E-state index in [9.17, 15) is 0 Å². The third kappa shape index (κ3) is 3.72. The standard InChI is InChI=1S/C11H17BrO2Si/c1-3-13-15(14-4-2)11-8-6-5-7-10(11)9-12/h5-8,15H,3-4,9H2,1-2H3. The maximum Gasteiger partial charge on any atom is 0.356 e. The van der Waals surface area contributed by atoms with Crippen LogP contribution in [0.5, 0.6) is 0 Å². The van der Waals surface area contributed by atoms with Crippen molar-refractivity contribution >= 4 is 30.4 Å². The van der Waals surface area contributed by atoms with Crippen molar-refractivity contribution in [2.24, 2.45) is 0 Å². The number of halogens is 1. The molecule has 0 aromatic heterocycles. The Kier molecular flexibility index (Phi) is 6.17. The van der Waals surface area contributed by atoms with Gasteiger partial charge < -0.3 is 8.85 Å². The van der Waals surface area contributed by atoms with Gasteiger partial charge in [0.2, 0.25) is 0 Å². The van der Waals surface area contributed by atoms with Crippen LogP contribution < -0.4 is 5.19 Å². The molecule has 0 spiro atoms. The lowest BCUT2D eigenvalue weighted by molar-refractivity contribution is 0.225. The highest BCUT2D eigenvalue weighted by Gasteiger charge is 2.18. The maximum atomic E-state index is 5.71. The lowest BCUT2D eigenvalue weighted by Gasteiger charge is -2.17. The fourth-order valence-electron chi connectivity index (χ4n) is 1.42. The second kappa shape index (κ2) is 7.17. The summed E-state index contributed by atoms with van der Waals surface area (Å²) in [5, 5.41) is 2.10. The van der Waals surface area contributed by atoms with Crippen molar-refractivity contribution in [1.29, 1.82) is 0 Å². The first-order valence-corrected chi connectivity index (χ1v) is 7.84. The van der Waals surface area contributed by atoms with Gasteiger partial charge in [0.05, 0.1) is 0 Å². The van der Waals surface area contributed by atoms with Gasteiger partial charge in [-0.3, -0.25) is 0 Å². The molecule has 1 aromatic carbocycles. The molecule has 1 aromatic rings. The van der Waals surface area contributed by atoms with Crippen LogP contribution in [0.3, 0.4) is 0 Å². The van der Waals surface area contributed by atoms with Gasteiger partial charge in [-0.05, 0) is 24.6 Å². The summed E-state index contributed by atoms with van der Waals surface area (Å²) in [7, 11) is -1.68. The highest BCUT2D eigenvalue weighted by atomic mass is 79.9. The molecule has 1 rings (SSSR count). The van der Waals surface area contributed by atoms with E-state index in [1.165, 1.54) is 10.8 Å². The Hall–Kier alpha value is -0.163. The topological polar surface area (TPSA) is 18.5 Å². The van der Waals surface area contributed by atoms with Gasteiger partial charge in [0.1, 0.15) is 0 Å². The summed E-state index contributed by atoms with van der Waals surface area (Å²) in [5.41, 5.74) is 1.27. The smallest absolute Gasteiger partial charge is 0.356 e. The summed E-state index contributed by atoms with van der Waals surface area (Å²) in [5.74, 6) is 0. The predicted molar refractivity (Wildman–Crippen MR) is 69.1 cm³/mol. The molecule has 0 saturated heterocycles. The van der Waals surface area contributed by atoms with Crippen LogP contribution in [-0.4, -0.2) is 22.5 Å². The van der Waals surface area contributed by atoms with Crippen LogP contribution in [-0.2, 0) is 14.2 Å². The molecule has 0 amide bonds. The molecule has 0 aliphatic rings. The third-order valence-electron chi connectivity index (χ3n) is 2.09. The number of rotatable bonds is 6. The predicted octanol–water partition coefficient (Wildman–Crippen LogP) is 2.08. The van der Waals surface area contributed by atoms with Gasteiger partial charge in [0, 0.05) is 18.5 Å². The molecule has 0 N–H and O–H groups in total. The molecule has 0 saturated carbocycles. The van der Waals surface area contributed by atoms with E-state index in [-0.39, 0.29) is 0 Å². The summed E-state index contributed by atoms with van der Waals surface area (Å²) in [6.07, 6.45) is 0. The summed E-state index contributed by atoms with van der Waals surface area (Å²) < 4.78 is 11.4. The summed E-state index contributed by atoms with van der Waals surface area (Å²) in [6.45, 7) is 5.45. The zero-order chi connectivity index (χ0) is 11.1. The fraction of sp³-hybridized carbons (Fsp3) is 0.455. The molecule has 84 valence electrons. The Labute approximate surface area is 102 Å². The van der Waals surface area contributed by atoms with Gasteiger partial charge in [0.15, 0.2) is 0 Å². The van der Waals surface area contributed by atoms with E-state index in [0.717, 1.165) is 5.33 Å². The molecule has 2 nitrogen and oxygen atoms in total. The van der Waals surface area contributed by atoms with Gasteiger partial charge in [-0.15, -0.1) is 0 Å². The zero-order valence-corrected chi connectivity index (χ0v) is 11.9. The molecular weight excluding hydrogens is 272 g/mol. The maximum absolute atomic E-state index is 5.71. The van der Waals surface area contributed by atoms with Gasteiger partial charge in [-0.1, -0.05) is 40.2 Å². The Balaban J connectivity index is 2.88. The van der Waals surface area contributed by atoms with Crippen LogP contribution >= 0.6 is 15.9 Å². The van der Waals surface area contributed by atoms with E-state index in [4.69, 9.17) is 8.85 Å². The first kappa shape index (κ1) is 12.9. The second-order valence-corrected chi connectivity index (χ2v) is 5.59. The van der Waals surface area contributed by atoms with Crippen LogP contribution in [0.4, 0.5) is 0 Å². The van der Waals surface area contributed by atoms with Crippen molar-refractivity contribution in [3.05, 3.63) is 29.8 Å². The molecule has 0 aliphatic heterocycles. The largest absolute Gasteiger partial charge is 0.394 e. The fourth-order valence-corrected chi connectivity index (χ4v) is 4.06. The quantitative estimate of drug-likeness (QED) is 0.590. The summed E-state index contributed by atoms with van der Waals surface area (Å²) in [4.78, 5) is 0. The molecule has 0 aliphatic carbocycles. The molecule has 0 bridgehead atoms. The average Bonchev–Trinajstić information content (AvgIpc) is 2.29. The van der Waals surface area contributed by atoms with Crippen molar-refractivity contribution in [1.82, 2.24) is 0 Å². The zero-order valence-electron chi connectivity index (χ0n) is 9.20. The van der Waals surface area contributed by atoms with E-state index in [0.29, 0.717) is 13.2 Å². The average molecular weight is 289 g/mol. The second-order valence-electron chi connectivity index (χ2n) is 3.08. The minimum atomic E-state index is -1.68. The van der Waals surface area contributed by atoms with Crippen LogP contribution in [0.25, 0.3) is 0 Å². The Morgan fingerprint density at radius 2 is 1.73 bits per heavy atom. The molecule has 15 heavy (non-hydrogen) atoms. The highest BCUT2D eigenvalue weighted by Crippen LogP contribution is 2.05. The minimum Gasteiger partial charge on any atom is -0.394 e. The molecule has 4 heteroatoms. The van der Waals surface area contributed by atoms with E-state index in [1.807, 2.05) is 26.0 Å². The van der Waals surface area contributed by atoms with E-state index >= 15 is 0 Å². The first-order chi connectivity index (χ1) is 7.33. The Morgan fingerprint density at radius 3 is 2.27 bits per heavy atom. The Bertz CT molecular complexity index is 288. The van der Waals surface area contributed by atoms with Crippen molar-refractivity contribution in [2.75, 3.05) is 13.2 Å². The highest BCUT2D eigenvalue weighted by molar-refractivity contribution is 9.08. The van der Waals surface area contributed by atoms with Crippen LogP contribution in [0.1, 0.15) is 19.4 Å². The SMILES string of the molecule is CCO[SiH](OCC)c1ccccc1CBr. The lowest BCUT2D eigenvalue weighted by atomic mass is 10.2. The minimum absolute atomic E-state index is 0.716. The number of hydrogen-bond donors (Lipinski definition) is 0. The summed E-state index contributed by atoms with van der Waals surface area (Å²) in [6, 6.07) is 8.31. The molecule has 0 fully saturated rings. The van der Waals surface area contributed by atoms with Gasteiger partial charge in [0.25, 0.3) is 0 Å². The molecule has 0 heterocycles. The van der Waals surface area contributed by atoms with Gasteiger partial charge in [-0.2, -0.15) is 0 Å². The van der Waals surface area contributed by atoms with Crippen molar-refractivity contribution in [3.8, 4) is 0 Å². The first-order valence-electron chi connectivity index (χ1n) is 5.20. The van der Waals surface area contributed by atoms with Gasteiger partial charge in [-0.25, -0.2) is 0 Å². The lowest BCUT2D eigenvalue weighted by Crippen LogP contribution is -2.39. The normalized spacial score (nSPS) is 10.9. The molecular formula is C11H17BrO2Si. The van der Waals surface area contributed by atoms with Crippen molar-refractivity contribution in [2.45, 2.75) is 19.2 Å². The number of benzene rings is 1. The Morgan fingerprint density at radius 1 is 1.13 bits per heavy atom. The van der Waals surface area contributed by atoms with E-state index in [1.54, 1.807) is 0 Å². The molecule has 0 radical (unpaired) electrons. The van der Waals surface area contributed by atoms with E-state index in [2.05, 4.69) is 28.1 Å². The van der Waals surface area contributed by atoms with E-state index < -0.39 is 9.28 Å². The monoisotopic (exact) mass is 288 g/mol. The number of hydrogen-bond acceptors (Lipinski definition) is 2. The van der Waals surface area contributed by atoms with Crippen molar-refractivity contribution in [3.63, 3.8) is 0 Å². The third-order valence-corrected chi connectivity index (χ3v) is 5.04. The van der Waals surface area contributed by atoms with Crippen molar-refractivity contribution < 1.29 is 8.85 Å².